The molecule has 26 heavy (non-hydrogen) atoms. The van der Waals surface area contributed by atoms with Crippen LogP contribution in [0, 0.1) is 11.3 Å². The highest BCUT2D eigenvalue weighted by atomic mass is 32.2. The Balaban J connectivity index is 1.95. The molecule has 1 fully saturated rings. The van der Waals surface area contributed by atoms with Crippen LogP contribution in [-0.2, 0) is 9.59 Å². The number of carbonyl (C=O) groups excluding carboxylic acids is 2. The Kier molecular flexibility index (Phi) is 11.1. The van der Waals surface area contributed by atoms with Crippen molar-refractivity contribution in [2.75, 3.05) is 45.2 Å². The molecule has 0 aromatic carbocycles. The van der Waals surface area contributed by atoms with E-state index in [1.165, 1.54) is 31.0 Å². The Morgan fingerprint density at radius 2 is 1.96 bits per heavy atom. The smallest absolute Gasteiger partial charge is 0.236 e. The second kappa shape index (κ2) is 12.8. The van der Waals surface area contributed by atoms with Gasteiger partial charge in [-0.3, -0.25) is 15.0 Å². The Labute approximate surface area is 160 Å². The maximum Gasteiger partial charge on any atom is 0.236 e. The number of nitrogens with two attached hydrogens (primary N) is 1. The van der Waals surface area contributed by atoms with Gasteiger partial charge in [-0.1, -0.05) is 6.42 Å². The SMILES string of the molecule is CN(C)C(=N)NCCCC(N)C(=O)NCCSCC(=O)NCC1CCC1. The fourth-order valence-corrected chi connectivity index (χ4v) is 3.04. The Morgan fingerprint density at radius 1 is 1.23 bits per heavy atom. The number of thioether (sulfide) groups is 1. The third-order valence-corrected chi connectivity index (χ3v) is 5.32. The van der Waals surface area contributed by atoms with E-state index in [1.54, 1.807) is 19.0 Å². The van der Waals surface area contributed by atoms with Crippen molar-refractivity contribution in [2.45, 2.75) is 38.1 Å². The molecular weight excluding hydrogens is 352 g/mol. The van der Waals surface area contributed by atoms with Crippen molar-refractivity contribution < 1.29 is 9.59 Å². The molecule has 0 saturated heterocycles. The lowest BCUT2D eigenvalue weighted by atomic mass is 9.85. The zero-order chi connectivity index (χ0) is 19.4. The first-order valence-electron chi connectivity index (χ1n) is 9.27. The maximum atomic E-state index is 11.9. The van der Waals surface area contributed by atoms with E-state index in [0.29, 0.717) is 42.9 Å². The van der Waals surface area contributed by atoms with Crippen LogP contribution in [0.4, 0.5) is 0 Å². The molecule has 9 heteroatoms. The summed E-state index contributed by atoms with van der Waals surface area (Å²) in [6, 6.07) is -0.541. The average molecular weight is 387 g/mol. The van der Waals surface area contributed by atoms with Gasteiger partial charge in [0.15, 0.2) is 5.96 Å². The van der Waals surface area contributed by atoms with Crippen molar-refractivity contribution in [2.24, 2.45) is 11.7 Å². The number of carbonyl (C=O) groups is 2. The molecule has 0 aliphatic heterocycles. The zero-order valence-corrected chi connectivity index (χ0v) is 16.8. The highest BCUT2D eigenvalue weighted by molar-refractivity contribution is 7.99. The van der Waals surface area contributed by atoms with E-state index in [0.717, 1.165) is 13.0 Å². The van der Waals surface area contributed by atoms with Crippen molar-refractivity contribution in [3.05, 3.63) is 0 Å². The summed E-state index contributed by atoms with van der Waals surface area (Å²) >= 11 is 1.51. The van der Waals surface area contributed by atoms with Crippen molar-refractivity contribution in [3.8, 4) is 0 Å². The third-order valence-electron chi connectivity index (χ3n) is 4.36. The number of guanidine groups is 1. The predicted octanol–water partition coefficient (Wildman–Crippen LogP) is -0.0544. The lowest BCUT2D eigenvalue weighted by Crippen LogP contribution is -2.42. The summed E-state index contributed by atoms with van der Waals surface area (Å²) in [6.07, 6.45) is 5.03. The van der Waals surface area contributed by atoms with Gasteiger partial charge in [-0.15, -0.1) is 0 Å². The van der Waals surface area contributed by atoms with Gasteiger partial charge in [-0.05, 0) is 31.6 Å². The Bertz CT molecular complexity index is 457. The van der Waals surface area contributed by atoms with E-state index in [4.69, 9.17) is 11.1 Å². The molecule has 1 saturated carbocycles. The maximum absolute atomic E-state index is 11.9. The second-order valence-electron chi connectivity index (χ2n) is 6.86. The van der Waals surface area contributed by atoms with E-state index >= 15 is 0 Å². The highest BCUT2D eigenvalue weighted by Gasteiger charge is 2.17. The summed E-state index contributed by atoms with van der Waals surface area (Å²) in [5.74, 6) is 2.04. The molecule has 1 unspecified atom stereocenters. The van der Waals surface area contributed by atoms with Crippen LogP contribution in [0.1, 0.15) is 32.1 Å². The Hall–Kier alpha value is -1.48. The summed E-state index contributed by atoms with van der Waals surface area (Å²) in [7, 11) is 3.59. The lowest BCUT2D eigenvalue weighted by Gasteiger charge is -2.25. The normalized spacial score (nSPS) is 14.9. The van der Waals surface area contributed by atoms with Gasteiger partial charge in [0, 0.05) is 39.5 Å². The summed E-state index contributed by atoms with van der Waals surface area (Å²) < 4.78 is 0. The summed E-state index contributed by atoms with van der Waals surface area (Å²) in [6.45, 7) is 1.92. The molecule has 6 N–H and O–H groups in total. The van der Waals surface area contributed by atoms with Gasteiger partial charge < -0.3 is 26.6 Å². The second-order valence-corrected chi connectivity index (χ2v) is 7.97. The van der Waals surface area contributed by atoms with E-state index in [9.17, 15) is 9.59 Å². The number of hydrogen-bond donors (Lipinski definition) is 5. The lowest BCUT2D eigenvalue weighted by molar-refractivity contribution is -0.122. The quantitative estimate of drug-likeness (QED) is 0.182. The predicted molar refractivity (Wildman–Crippen MR) is 107 cm³/mol. The van der Waals surface area contributed by atoms with Crippen LogP contribution >= 0.6 is 11.8 Å². The van der Waals surface area contributed by atoms with E-state index < -0.39 is 6.04 Å². The average Bonchev–Trinajstić information content (AvgIpc) is 2.56. The minimum atomic E-state index is -0.541. The monoisotopic (exact) mass is 386 g/mol. The van der Waals surface area contributed by atoms with E-state index in [2.05, 4.69) is 16.0 Å². The van der Waals surface area contributed by atoms with Crippen molar-refractivity contribution >= 4 is 29.5 Å². The van der Waals surface area contributed by atoms with Gasteiger partial charge in [-0.25, -0.2) is 0 Å². The van der Waals surface area contributed by atoms with Crippen LogP contribution in [0.5, 0.6) is 0 Å². The topological polar surface area (TPSA) is 123 Å². The number of amides is 2. The van der Waals surface area contributed by atoms with Crippen LogP contribution in [-0.4, -0.2) is 74.0 Å². The van der Waals surface area contributed by atoms with Crippen LogP contribution in [0.2, 0.25) is 0 Å². The molecule has 2 amide bonds. The van der Waals surface area contributed by atoms with Crippen LogP contribution in [0.3, 0.4) is 0 Å². The van der Waals surface area contributed by atoms with Crippen LogP contribution in [0.25, 0.3) is 0 Å². The first-order valence-corrected chi connectivity index (χ1v) is 10.4. The molecule has 0 bridgehead atoms. The van der Waals surface area contributed by atoms with Gasteiger partial charge in [0.1, 0.15) is 0 Å². The molecule has 1 aliphatic rings. The molecule has 1 atom stereocenters. The molecule has 1 aliphatic carbocycles. The molecule has 0 aromatic heterocycles. The Morgan fingerprint density at radius 3 is 2.58 bits per heavy atom. The molecule has 1 rings (SSSR count). The van der Waals surface area contributed by atoms with Crippen LogP contribution in [0.15, 0.2) is 0 Å². The molecule has 8 nitrogen and oxygen atoms in total. The molecule has 0 radical (unpaired) electrons. The van der Waals surface area contributed by atoms with Gasteiger partial charge in [0.2, 0.25) is 11.8 Å². The number of nitrogens with zero attached hydrogens (tertiary/aromatic N) is 1. The standard InChI is InChI=1S/C17H34N6O2S/c1-23(2)17(19)21-8-4-7-14(18)16(25)20-9-10-26-12-15(24)22-11-13-5-3-6-13/h13-14H,3-12,18H2,1-2H3,(H2,19,21)(H,20,25)(H,22,24). The molecule has 0 aromatic rings. The zero-order valence-electron chi connectivity index (χ0n) is 16.0. The molecule has 0 heterocycles. The van der Waals surface area contributed by atoms with Crippen molar-refractivity contribution in [3.63, 3.8) is 0 Å². The molecular formula is C17H34N6O2S. The van der Waals surface area contributed by atoms with Gasteiger partial charge in [0.05, 0.1) is 11.8 Å². The minimum absolute atomic E-state index is 0.0701. The summed E-state index contributed by atoms with van der Waals surface area (Å²) in [4.78, 5) is 25.2. The van der Waals surface area contributed by atoms with E-state index in [1.807, 2.05) is 0 Å². The number of nitrogens with one attached hydrogen (secondary N) is 4. The fraction of sp³-hybridized carbons (Fsp3) is 0.824. The number of rotatable bonds is 12. The first-order chi connectivity index (χ1) is 12.4. The summed E-state index contributed by atoms with van der Waals surface area (Å²) in [5.41, 5.74) is 5.87. The van der Waals surface area contributed by atoms with Gasteiger partial charge in [0.25, 0.3) is 0 Å². The van der Waals surface area contributed by atoms with Gasteiger partial charge >= 0.3 is 0 Å². The van der Waals surface area contributed by atoms with E-state index in [-0.39, 0.29) is 11.8 Å². The highest BCUT2D eigenvalue weighted by Crippen LogP contribution is 2.25. The van der Waals surface area contributed by atoms with Crippen molar-refractivity contribution in [1.29, 1.82) is 5.41 Å². The first kappa shape index (κ1) is 22.6. The fourth-order valence-electron chi connectivity index (χ4n) is 2.37. The molecule has 150 valence electrons. The minimum Gasteiger partial charge on any atom is -0.356 e. The van der Waals surface area contributed by atoms with Crippen LogP contribution < -0.4 is 21.7 Å². The number of hydrogen-bond acceptors (Lipinski definition) is 5. The van der Waals surface area contributed by atoms with Crippen molar-refractivity contribution in [1.82, 2.24) is 20.9 Å². The largest absolute Gasteiger partial charge is 0.356 e. The third kappa shape index (κ3) is 9.86. The van der Waals surface area contributed by atoms with Gasteiger partial charge in [-0.2, -0.15) is 11.8 Å². The molecule has 0 spiro atoms. The summed E-state index contributed by atoms with van der Waals surface area (Å²) in [5, 5.41) is 16.3.